The molecule has 0 amide bonds. The van der Waals surface area contributed by atoms with Gasteiger partial charge >= 0.3 is 11.9 Å². The first-order valence-electron chi connectivity index (χ1n) is 18.9. The Balaban J connectivity index is 1.03. The van der Waals surface area contributed by atoms with Gasteiger partial charge in [-0.1, -0.05) is 32.9 Å². The molecule has 0 aromatic carbocycles. The van der Waals surface area contributed by atoms with E-state index >= 15 is 0 Å². The van der Waals surface area contributed by atoms with Gasteiger partial charge in [-0.2, -0.15) is 0 Å². The standard InChI is InChI=1S/C40H58O4/c1-5-36(41)43-39(32-15-26-14-27(17-32)18-33(39)16-26)31-12-10-29(11-13-31)38-21-28-19-34(22-38)40(35(20-28)23-38,44-37(42)24(2)3)30-8-6-25(4)7-9-30/h5,25-35H,1-2,6-23H2,3-4H3. The molecule has 0 saturated heterocycles. The topological polar surface area (TPSA) is 52.6 Å². The van der Waals surface area contributed by atoms with Crippen molar-refractivity contribution < 1.29 is 19.1 Å². The Morgan fingerprint density at radius 2 is 1.09 bits per heavy atom. The molecule has 2 unspecified atom stereocenters. The first kappa shape index (κ1) is 29.8. The smallest absolute Gasteiger partial charge is 0.333 e. The normalized spacial score (nSPS) is 52.0. The van der Waals surface area contributed by atoms with Crippen LogP contribution in [0.4, 0.5) is 0 Å². The number of carbonyl (C=O) groups is 2. The van der Waals surface area contributed by atoms with Crippen molar-refractivity contribution in [2.24, 2.45) is 70.5 Å². The van der Waals surface area contributed by atoms with Gasteiger partial charge in [-0.15, -0.1) is 0 Å². The highest BCUT2D eigenvalue weighted by Gasteiger charge is 2.68. The number of carbonyl (C=O) groups excluding carboxylic acids is 2. The summed E-state index contributed by atoms with van der Waals surface area (Å²) < 4.78 is 13.4. The van der Waals surface area contributed by atoms with Crippen LogP contribution >= 0.6 is 0 Å². The van der Waals surface area contributed by atoms with Crippen LogP contribution in [0.1, 0.15) is 129 Å². The van der Waals surface area contributed by atoms with Crippen LogP contribution in [0, 0.1) is 70.5 Å². The molecule has 44 heavy (non-hydrogen) atoms. The molecule has 4 nitrogen and oxygen atoms in total. The minimum Gasteiger partial charge on any atom is -0.455 e. The molecule has 10 aliphatic rings. The van der Waals surface area contributed by atoms with Gasteiger partial charge < -0.3 is 9.47 Å². The zero-order valence-corrected chi connectivity index (χ0v) is 27.7. The van der Waals surface area contributed by atoms with E-state index in [0.717, 1.165) is 29.6 Å². The second-order valence-corrected chi connectivity index (χ2v) is 18.0. The summed E-state index contributed by atoms with van der Waals surface area (Å²) in [5.41, 5.74) is 0.468. The predicted octanol–water partition coefficient (Wildman–Crippen LogP) is 9.23. The molecule has 2 atom stereocenters. The SMILES string of the molecule is C=CC(=O)OC1(C2CCC(C34CC5CC(C3)C(OC(=O)C(=C)C)(C3CCC(C)CC3)C(C5)C4)CC2)C2CC3CC(C2)CC1C3. The fourth-order valence-electron chi connectivity index (χ4n) is 14.6. The van der Waals surface area contributed by atoms with Crippen molar-refractivity contribution in [3.05, 3.63) is 24.8 Å². The molecule has 4 heteroatoms. The van der Waals surface area contributed by atoms with E-state index in [2.05, 4.69) is 20.1 Å². The summed E-state index contributed by atoms with van der Waals surface area (Å²) in [5, 5.41) is 0. The molecular formula is C40H58O4. The van der Waals surface area contributed by atoms with E-state index in [4.69, 9.17) is 9.47 Å². The monoisotopic (exact) mass is 602 g/mol. The van der Waals surface area contributed by atoms with Gasteiger partial charge in [-0.3, -0.25) is 0 Å². The quantitative estimate of drug-likeness (QED) is 0.215. The third-order valence-corrected chi connectivity index (χ3v) is 15.9. The van der Waals surface area contributed by atoms with Crippen LogP contribution in [0.5, 0.6) is 0 Å². The van der Waals surface area contributed by atoms with E-state index in [0.29, 0.717) is 46.5 Å². The molecule has 0 heterocycles. The van der Waals surface area contributed by atoms with Crippen LogP contribution in [-0.4, -0.2) is 23.1 Å². The van der Waals surface area contributed by atoms with Crippen molar-refractivity contribution in [3.8, 4) is 0 Å². The van der Waals surface area contributed by atoms with Crippen molar-refractivity contribution >= 4 is 11.9 Å². The van der Waals surface area contributed by atoms with E-state index < -0.39 is 0 Å². The van der Waals surface area contributed by atoms with Gasteiger partial charge in [0.25, 0.3) is 0 Å². The number of rotatable bonds is 7. The molecule has 0 aromatic rings. The fourth-order valence-corrected chi connectivity index (χ4v) is 14.6. The van der Waals surface area contributed by atoms with E-state index in [9.17, 15) is 9.59 Å². The minimum absolute atomic E-state index is 0.138. The first-order valence-corrected chi connectivity index (χ1v) is 18.9. The highest BCUT2D eigenvalue weighted by atomic mass is 16.6. The van der Waals surface area contributed by atoms with Crippen LogP contribution < -0.4 is 0 Å². The van der Waals surface area contributed by atoms with E-state index in [1.165, 1.54) is 122 Å². The molecule has 0 aliphatic heterocycles. The molecule has 0 radical (unpaired) electrons. The lowest BCUT2D eigenvalue weighted by Crippen LogP contribution is -2.67. The summed E-state index contributed by atoms with van der Waals surface area (Å²) in [6.07, 6.45) is 24.4. The Kier molecular flexibility index (Phi) is 7.27. The number of ether oxygens (including phenoxy) is 2. The van der Waals surface area contributed by atoms with Gasteiger partial charge in [0.05, 0.1) is 0 Å². The van der Waals surface area contributed by atoms with Crippen LogP contribution in [-0.2, 0) is 19.1 Å². The molecule has 10 aliphatic carbocycles. The first-order chi connectivity index (χ1) is 21.1. The second kappa shape index (κ2) is 10.7. The van der Waals surface area contributed by atoms with Crippen LogP contribution in [0.2, 0.25) is 0 Å². The highest BCUT2D eigenvalue weighted by Crippen LogP contribution is 2.71. The molecule has 10 saturated carbocycles. The van der Waals surface area contributed by atoms with Gasteiger partial charge in [-0.25, -0.2) is 9.59 Å². The van der Waals surface area contributed by atoms with Crippen LogP contribution in [0.3, 0.4) is 0 Å². The third-order valence-electron chi connectivity index (χ3n) is 15.9. The molecule has 0 N–H and O–H groups in total. The van der Waals surface area contributed by atoms with Gasteiger partial charge in [0, 0.05) is 23.5 Å². The maximum absolute atomic E-state index is 13.3. The maximum atomic E-state index is 13.3. The summed E-state index contributed by atoms with van der Waals surface area (Å²) >= 11 is 0. The lowest BCUT2D eigenvalue weighted by molar-refractivity contribution is -0.258. The summed E-state index contributed by atoms with van der Waals surface area (Å²) in [6.45, 7) is 12.0. The molecule has 0 aromatic heterocycles. The van der Waals surface area contributed by atoms with Crippen molar-refractivity contribution in [1.29, 1.82) is 0 Å². The molecular weight excluding hydrogens is 544 g/mol. The Hall–Kier alpha value is -1.58. The molecule has 242 valence electrons. The highest BCUT2D eigenvalue weighted by molar-refractivity contribution is 5.87. The summed E-state index contributed by atoms with van der Waals surface area (Å²) in [7, 11) is 0. The molecule has 0 spiro atoms. The van der Waals surface area contributed by atoms with Gasteiger partial charge in [0.2, 0.25) is 0 Å². The molecule has 8 bridgehead atoms. The van der Waals surface area contributed by atoms with Crippen molar-refractivity contribution in [3.63, 3.8) is 0 Å². The second-order valence-electron chi connectivity index (χ2n) is 18.0. The Bertz CT molecular complexity index is 1140. The lowest BCUT2D eigenvalue weighted by atomic mass is 9.38. The van der Waals surface area contributed by atoms with E-state index in [-0.39, 0.29) is 23.1 Å². The van der Waals surface area contributed by atoms with Gasteiger partial charge in [0.1, 0.15) is 11.2 Å². The Morgan fingerprint density at radius 3 is 1.61 bits per heavy atom. The van der Waals surface area contributed by atoms with Gasteiger partial charge in [0.15, 0.2) is 0 Å². The molecule has 10 rings (SSSR count). The van der Waals surface area contributed by atoms with Crippen molar-refractivity contribution in [2.75, 3.05) is 0 Å². The summed E-state index contributed by atoms with van der Waals surface area (Å²) in [4.78, 5) is 26.2. The summed E-state index contributed by atoms with van der Waals surface area (Å²) in [5.74, 6) is 6.93. The number of hydrogen-bond donors (Lipinski definition) is 0. The Labute approximate surface area is 266 Å². The van der Waals surface area contributed by atoms with Crippen molar-refractivity contribution in [2.45, 2.75) is 141 Å². The average molecular weight is 603 g/mol. The van der Waals surface area contributed by atoms with Crippen molar-refractivity contribution in [1.82, 2.24) is 0 Å². The maximum Gasteiger partial charge on any atom is 0.333 e. The van der Waals surface area contributed by atoms with Crippen LogP contribution in [0.15, 0.2) is 24.8 Å². The van der Waals surface area contributed by atoms with E-state index in [1.54, 1.807) is 0 Å². The average Bonchev–Trinajstić information content (AvgIpc) is 3.00. The van der Waals surface area contributed by atoms with E-state index in [1.807, 2.05) is 6.92 Å². The van der Waals surface area contributed by atoms with Gasteiger partial charge in [-0.05, 0) is 168 Å². The lowest BCUT2D eigenvalue weighted by Gasteiger charge is -2.69. The minimum atomic E-state index is -0.267. The summed E-state index contributed by atoms with van der Waals surface area (Å²) in [6, 6.07) is 0. The largest absolute Gasteiger partial charge is 0.455 e. The molecule has 10 fully saturated rings. The number of hydrogen-bond acceptors (Lipinski definition) is 4. The fraction of sp³-hybridized carbons (Fsp3) is 0.850. The van der Waals surface area contributed by atoms with Crippen LogP contribution in [0.25, 0.3) is 0 Å². The number of esters is 2. The Morgan fingerprint density at radius 1 is 0.614 bits per heavy atom. The predicted molar refractivity (Wildman–Crippen MR) is 172 cm³/mol. The third kappa shape index (κ3) is 4.40. The zero-order valence-electron chi connectivity index (χ0n) is 27.7. The zero-order chi connectivity index (χ0) is 30.4.